The number of benzene rings is 1. The van der Waals surface area contributed by atoms with Gasteiger partial charge >= 0.3 is 0 Å². The average Bonchev–Trinajstić information content (AvgIpc) is 2.16. The minimum atomic E-state index is 0.311. The molecule has 16 heavy (non-hydrogen) atoms. The molecule has 1 aromatic carbocycles. The summed E-state index contributed by atoms with van der Waals surface area (Å²) in [6.07, 6.45) is 0.585. The van der Waals surface area contributed by atoms with E-state index in [1.165, 1.54) is 16.7 Å². The molecule has 0 N–H and O–H groups in total. The maximum Gasteiger partial charge on any atom is 0.0638 e. The van der Waals surface area contributed by atoms with E-state index in [0.717, 1.165) is 6.54 Å². The SMILES string of the molecule is Cc1cc(C)cc(CN(C)C(C)CC#N)c1. The topological polar surface area (TPSA) is 27.0 Å². The van der Waals surface area contributed by atoms with Gasteiger partial charge in [0.1, 0.15) is 0 Å². The van der Waals surface area contributed by atoms with E-state index in [2.05, 4.69) is 57.0 Å². The van der Waals surface area contributed by atoms with Crippen molar-refractivity contribution in [1.82, 2.24) is 4.90 Å². The van der Waals surface area contributed by atoms with Gasteiger partial charge in [-0.25, -0.2) is 0 Å². The fourth-order valence-corrected chi connectivity index (χ4v) is 1.89. The number of hydrogen-bond donors (Lipinski definition) is 0. The van der Waals surface area contributed by atoms with Crippen LogP contribution in [0.4, 0.5) is 0 Å². The number of aryl methyl sites for hydroxylation is 2. The highest BCUT2D eigenvalue weighted by molar-refractivity contribution is 5.28. The van der Waals surface area contributed by atoms with Gasteiger partial charge in [0, 0.05) is 12.6 Å². The summed E-state index contributed by atoms with van der Waals surface area (Å²) in [6, 6.07) is 9.13. The van der Waals surface area contributed by atoms with E-state index in [0.29, 0.717) is 12.5 Å². The van der Waals surface area contributed by atoms with Crippen molar-refractivity contribution in [3.05, 3.63) is 34.9 Å². The van der Waals surface area contributed by atoms with E-state index in [4.69, 9.17) is 5.26 Å². The molecule has 1 aromatic rings. The van der Waals surface area contributed by atoms with E-state index >= 15 is 0 Å². The van der Waals surface area contributed by atoms with Gasteiger partial charge in [0.25, 0.3) is 0 Å². The van der Waals surface area contributed by atoms with Crippen LogP contribution in [-0.2, 0) is 6.54 Å². The van der Waals surface area contributed by atoms with Crippen LogP contribution in [0.1, 0.15) is 30.0 Å². The Morgan fingerprint density at radius 1 is 1.25 bits per heavy atom. The molecule has 86 valence electrons. The van der Waals surface area contributed by atoms with Crippen molar-refractivity contribution in [1.29, 1.82) is 5.26 Å². The third-order valence-electron chi connectivity index (χ3n) is 2.85. The summed E-state index contributed by atoms with van der Waals surface area (Å²) < 4.78 is 0. The molecule has 0 saturated heterocycles. The van der Waals surface area contributed by atoms with Crippen LogP contribution in [0.15, 0.2) is 18.2 Å². The smallest absolute Gasteiger partial charge is 0.0638 e. The number of nitrogens with zero attached hydrogens (tertiary/aromatic N) is 2. The van der Waals surface area contributed by atoms with E-state index < -0.39 is 0 Å². The molecule has 1 unspecified atom stereocenters. The normalized spacial score (nSPS) is 12.5. The van der Waals surface area contributed by atoms with Crippen molar-refractivity contribution in [2.45, 2.75) is 39.8 Å². The molecule has 0 radical (unpaired) electrons. The third-order valence-corrected chi connectivity index (χ3v) is 2.85. The highest BCUT2D eigenvalue weighted by Crippen LogP contribution is 2.12. The van der Waals surface area contributed by atoms with Crippen molar-refractivity contribution in [3.63, 3.8) is 0 Å². The molecule has 0 fully saturated rings. The Labute approximate surface area is 98.5 Å². The predicted molar refractivity (Wildman–Crippen MR) is 67.1 cm³/mol. The maximum absolute atomic E-state index is 8.66. The second-order valence-corrected chi connectivity index (χ2v) is 4.62. The number of nitriles is 1. The molecule has 0 saturated carbocycles. The largest absolute Gasteiger partial charge is 0.298 e. The minimum Gasteiger partial charge on any atom is -0.298 e. The fraction of sp³-hybridized carbons (Fsp3) is 0.500. The quantitative estimate of drug-likeness (QED) is 0.773. The Hall–Kier alpha value is -1.33. The zero-order chi connectivity index (χ0) is 12.1. The summed E-state index contributed by atoms with van der Waals surface area (Å²) in [5, 5.41) is 8.66. The molecule has 1 atom stereocenters. The molecular weight excluding hydrogens is 196 g/mol. The van der Waals surface area contributed by atoms with Gasteiger partial charge in [-0.3, -0.25) is 4.90 Å². The van der Waals surface area contributed by atoms with Gasteiger partial charge in [0.2, 0.25) is 0 Å². The van der Waals surface area contributed by atoms with Gasteiger partial charge in [-0.15, -0.1) is 0 Å². The highest BCUT2D eigenvalue weighted by Gasteiger charge is 2.09. The van der Waals surface area contributed by atoms with Gasteiger partial charge in [-0.1, -0.05) is 29.3 Å². The summed E-state index contributed by atoms with van der Waals surface area (Å²) in [5.74, 6) is 0. The van der Waals surface area contributed by atoms with Crippen LogP contribution in [0, 0.1) is 25.2 Å². The molecule has 0 spiro atoms. The standard InChI is InChI=1S/C14H20N2/c1-11-7-12(2)9-14(8-11)10-16(4)13(3)5-6-15/h7-9,13H,5,10H2,1-4H3. The zero-order valence-electron chi connectivity index (χ0n) is 10.6. The Balaban J connectivity index is 2.69. The van der Waals surface area contributed by atoms with Crippen LogP contribution < -0.4 is 0 Å². The van der Waals surface area contributed by atoms with Gasteiger partial charge < -0.3 is 0 Å². The maximum atomic E-state index is 8.66. The van der Waals surface area contributed by atoms with Gasteiger partial charge in [0.15, 0.2) is 0 Å². The molecule has 2 nitrogen and oxygen atoms in total. The first kappa shape index (κ1) is 12.7. The first-order valence-corrected chi connectivity index (χ1v) is 5.67. The van der Waals surface area contributed by atoms with Crippen LogP contribution in [0.25, 0.3) is 0 Å². The summed E-state index contributed by atoms with van der Waals surface area (Å²) >= 11 is 0. The zero-order valence-corrected chi connectivity index (χ0v) is 10.6. The number of rotatable bonds is 4. The first-order chi connectivity index (χ1) is 7.52. The molecular formula is C14H20N2. The molecule has 0 aliphatic carbocycles. The van der Waals surface area contributed by atoms with Gasteiger partial charge in [-0.05, 0) is 33.4 Å². The third kappa shape index (κ3) is 3.67. The molecule has 0 amide bonds. The lowest BCUT2D eigenvalue weighted by Gasteiger charge is -2.22. The van der Waals surface area contributed by atoms with Crippen LogP contribution in [-0.4, -0.2) is 18.0 Å². The molecule has 2 heteroatoms. The van der Waals surface area contributed by atoms with Crippen molar-refractivity contribution in [3.8, 4) is 6.07 Å². The minimum absolute atomic E-state index is 0.311. The van der Waals surface area contributed by atoms with Crippen molar-refractivity contribution in [2.24, 2.45) is 0 Å². The van der Waals surface area contributed by atoms with Crippen molar-refractivity contribution >= 4 is 0 Å². The Bertz CT molecular complexity index is 370. The monoisotopic (exact) mass is 216 g/mol. The van der Waals surface area contributed by atoms with E-state index in [1.54, 1.807) is 0 Å². The first-order valence-electron chi connectivity index (χ1n) is 5.67. The highest BCUT2D eigenvalue weighted by atomic mass is 15.1. The van der Waals surface area contributed by atoms with E-state index in [9.17, 15) is 0 Å². The average molecular weight is 216 g/mol. The summed E-state index contributed by atoms with van der Waals surface area (Å²) in [7, 11) is 2.07. The van der Waals surface area contributed by atoms with Crippen LogP contribution >= 0.6 is 0 Å². The number of hydrogen-bond acceptors (Lipinski definition) is 2. The van der Waals surface area contributed by atoms with Crippen molar-refractivity contribution in [2.75, 3.05) is 7.05 Å². The molecule has 0 aliphatic rings. The van der Waals surface area contributed by atoms with Gasteiger partial charge in [-0.2, -0.15) is 5.26 Å². The summed E-state index contributed by atoms with van der Waals surface area (Å²) in [4.78, 5) is 2.22. The lowest BCUT2D eigenvalue weighted by molar-refractivity contribution is 0.252. The van der Waals surface area contributed by atoms with Gasteiger partial charge in [0.05, 0.1) is 12.5 Å². The second-order valence-electron chi connectivity index (χ2n) is 4.62. The molecule has 0 aromatic heterocycles. The summed E-state index contributed by atoms with van der Waals surface area (Å²) in [5.41, 5.74) is 3.93. The molecule has 0 aliphatic heterocycles. The van der Waals surface area contributed by atoms with Crippen molar-refractivity contribution < 1.29 is 0 Å². The van der Waals surface area contributed by atoms with Crippen LogP contribution in [0.5, 0.6) is 0 Å². The lowest BCUT2D eigenvalue weighted by atomic mass is 10.1. The Morgan fingerprint density at radius 2 is 1.81 bits per heavy atom. The predicted octanol–water partition coefficient (Wildman–Crippen LogP) is 3.04. The molecule has 0 heterocycles. The summed E-state index contributed by atoms with van der Waals surface area (Å²) in [6.45, 7) is 7.24. The van der Waals surface area contributed by atoms with Crippen LogP contribution in [0.3, 0.4) is 0 Å². The lowest BCUT2D eigenvalue weighted by Crippen LogP contribution is -2.28. The Kier molecular flexibility index (Phi) is 4.52. The molecule has 1 rings (SSSR count). The second kappa shape index (κ2) is 5.67. The van der Waals surface area contributed by atoms with Crippen LogP contribution in [0.2, 0.25) is 0 Å². The fourth-order valence-electron chi connectivity index (χ4n) is 1.89. The van der Waals surface area contributed by atoms with E-state index in [1.807, 2.05) is 0 Å². The van der Waals surface area contributed by atoms with E-state index in [-0.39, 0.29) is 0 Å². The Morgan fingerprint density at radius 3 is 2.31 bits per heavy atom. The molecule has 0 bridgehead atoms.